The highest BCUT2D eigenvalue weighted by Crippen LogP contribution is 2.26. The molecule has 0 aliphatic heterocycles. The Balaban J connectivity index is 2.02. The predicted octanol–water partition coefficient (Wildman–Crippen LogP) is 2.53. The van der Waals surface area contributed by atoms with Crippen molar-refractivity contribution in [1.29, 1.82) is 0 Å². The Kier molecular flexibility index (Phi) is 3.32. The first kappa shape index (κ1) is 13.5. The Morgan fingerprint density at radius 1 is 1.29 bits per heavy atom. The number of nitrogens with one attached hydrogen (secondary N) is 1. The van der Waals surface area contributed by atoms with Crippen LogP contribution in [0.5, 0.6) is 0 Å². The highest BCUT2D eigenvalue weighted by atomic mass is 16.4. The molecule has 7 nitrogen and oxygen atoms in total. The van der Waals surface area contributed by atoms with E-state index in [-0.39, 0.29) is 6.04 Å². The molecule has 0 bridgehead atoms. The van der Waals surface area contributed by atoms with Crippen molar-refractivity contribution in [1.82, 2.24) is 24.7 Å². The highest BCUT2D eigenvalue weighted by molar-refractivity contribution is 5.81. The van der Waals surface area contributed by atoms with Crippen molar-refractivity contribution in [3.05, 3.63) is 29.7 Å². The molecule has 7 heteroatoms. The third-order valence-corrected chi connectivity index (χ3v) is 3.41. The number of rotatable bonds is 4. The molecule has 0 aliphatic rings. The molecule has 3 rings (SSSR count). The maximum absolute atomic E-state index is 5.50. The Hall–Kier alpha value is -2.44. The predicted molar refractivity (Wildman–Crippen MR) is 78.9 cm³/mol. The third kappa shape index (κ3) is 2.46. The maximum Gasteiger partial charge on any atom is 0.252 e. The van der Waals surface area contributed by atoms with E-state index in [1.807, 2.05) is 24.7 Å². The van der Waals surface area contributed by atoms with E-state index < -0.39 is 0 Å². The van der Waals surface area contributed by atoms with Gasteiger partial charge in [0.15, 0.2) is 17.2 Å². The van der Waals surface area contributed by atoms with Gasteiger partial charge in [-0.3, -0.25) is 4.68 Å². The van der Waals surface area contributed by atoms with Crippen molar-refractivity contribution < 1.29 is 4.42 Å². The summed E-state index contributed by atoms with van der Waals surface area (Å²) in [5.74, 6) is 1.94. The van der Waals surface area contributed by atoms with Gasteiger partial charge in [-0.1, -0.05) is 6.92 Å². The summed E-state index contributed by atoms with van der Waals surface area (Å²) in [5, 5.41) is 7.66. The molecule has 0 aromatic carbocycles. The molecule has 0 fully saturated rings. The maximum atomic E-state index is 5.50. The lowest BCUT2D eigenvalue weighted by Crippen LogP contribution is -2.15. The van der Waals surface area contributed by atoms with Gasteiger partial charge in [-0.25, -0.2) is 9.97 Å². The molecule has 0 radical (unpaired) electrons. The minimum absolute atomic E-state index is 0.104. The molecule has 0 spiro atoms. The molecule has 0 aliphatic carbocycles. The van der Waals surface area contributed by atoms with E-state index in [0.29, 0.717) is 28.8 Å². The van der Waals surface area contributed by atoms with Crippen LogP contribution in [0.4, 0.5) is 5.82 Å². The summed E-state index contributed by atoms with van der Waals surface area (Å²) in [6.07, 6.45) is 2.70. The minimum atomic E-state index is 0.104. The van der Waals surface area contributed by atoms with Gasteiger partial charge in [-0.2, -0.15) is 10.1 Å². The largest absolute Gasteiger partial charge is 0.422 e. The zero-order valence-electron chi connectivity index (χ0n) is 12.6. The van der Waals surface area contributed by atoms with Gasteiger partial charge in [0.1, 0.15) is 5.82 Å². The number of hydrogen-bond acceptors (Lipinski definition) is 6. The van der Waals surface area contributed by atoms with Crippen LogP contribution >= 0.6 is 0 Å². The smallest absolute Gasteiger partial charge is 0.252 e. The van der Waals surface area contributed by atoms with Crippen LogP contribution in [0.15, 0.2) is 16.7 Å². The lowest BCUT2D eigenvalue weighted by Gasteiger charge is -2.18. The van der Waals surface area contributed by atoms with Crippen molar-refractivity contribution in [2.24, 2.45) is 7.05 Å². The van der Waals surface area contributed by atoms with Crippen molar-refractivity contribution in [2.75, 3.05) is 5.32 Å². The summed E-state index contributed by atoms with van der Waals surface area (Å²) in [4.78, 5) is 13.1. The number of oxazole rings is 1. The van der Waals surface area contributed by atoms with Crippen LogP contribution in [0.1, 0.15) is 36.8 Å². The van der Waals surface area contributed by atoms with Crippen LogP contribution in [0.2, 0.25) is 0 Å². The van der Waals surface area contributed by atoms with E-state index in [2.05, 4.69) is 32.3 Å². The minimum Gasteiger partial charge on any atom is -0.422 e. The van der Waals surface area contributed by atoms with Crippen LogP contribution in [-0.2, 0) is 7.05 Å². The second-order valence-electron chi connectivity index (χ2n) is 4.99. The van der Waals surface area contributed by atoms with Crippen LogP contribution in [-0.4, -0.2) is 24.7 Å². The number of hydrogen-bond donors (Lipinski definition) is 1. The van der Waals surface area contributed by atoms with Crippen LogP contribution in [0.3, 0.4) is 0 Å². The molecular formula is C14H18N6O. The van der Waals surface area contributed by atoms with E-state index in [1.165, 1.54) is 0 Å². The average molecular weight is 286 g/mol. The van der Waals surface area contributed by atoms with Crippen molar-refractivity contribution in [2.45, 2.75) is 33.2 Å². The molecule has 110 valence electrons. The molecular weight excluding hydrogens is 268 g/mol. The quantitative estimate of drug-likeness (QED) is 0.793. The number of fused-ring (bicyclic) bond motifs is 1. The van der Waals surface area contributed by atoms with E-state index in [1.54, 1.807) is 13.1 Å². The molecule has 3 aromatic heterocycles. The molecule has 0 amide bonds. The van der Waals surface area contributed by atoms with Crippen molar-refractivity contribution >= 4 is 17.0 Å². The van der Waals surface area contributed by atoms with Gasteiger partial charge in [-0.05, 0) is 19.4 Å². The molecule has 3 aromatic rings. The van der Waals surface area contributed by atoms with E-state index >= 15 is 0 Å². The molecule has 0 saturated heterocycles. The number of anilines is 1. The number of nitrogens with zero attached hydrogens (tertiary/aromatic N) is 5. The van der Waals surface area contributed by atoms with Crippen LogP contribution < -0.4 is 5.32 Å². The van der Waals surface area contributed by atoms with Gasteiger partial charge in [0.2, 0.25) is 0 Å². The monoisotopic (exact) mass is 286 g/mol. The Morgan fingerprint density at radius 2 is 2.10 bits per heavy atom. The number of aryl methyl sites for hydroxylation is 3. The topological polar surface area (TPSA) is 81.7 Å². The summed E-state index contributed by atoms with van der Waals surface area (Å²) in [6, 6.07) is 2.10. The van der Waals surface area contributed by atoms with E-state index in [0.717, 1.165) is 12.1 Å². The average Bonchev–Trinajstić information content (AvgIpc) is 3.01. The van der Waals surface area contributed by atoms with Crippen LogP contribution in [0.25, 0.3) is 11.2 Å². The van der Waals surface area contributed by atoms with Crippen LogP contribution in [0, 0.1) is 13.8 Å². The van der Waals surface area contributed by atoms with E-state index in [4.69, 9.17) is 4.42 Å². The number of aromatic nitrogens is 5. The zero-order valence-corrected chi connectivity index (χ0v) is 12.6. The van der Waals surface area contributed by atoms with Gasteiger partial charge in [0.25, 0.3) is 5.71 Å². The second-order valence-corrected chi connectivity index (χ2v) is 4.99. The molecule has 3 heterocycles. The SMILES string of the molecule is CC[C@H](Nc1nc(C)nc2oc(C)nc12)c1ccnn1C. The molecule has 1 atom stereocenters. The first-order valence-corrected chi connectivity index (χ1v) is 6.94. The first-order chi connectivity index (χ1) is 10.1. The molecule has 21 heavy (non-hydrogen) atoms. The fourth-order valence-electron chi connectivity index (χ4n) is 2.41. The molecule has 0 saturated carbocycles. The van der Waals surface area contributed by atoms with Crippen molar-refractivity contribution in [3.8, 4) is 0 Å². The van der Waals surface area contributed by atoms with Crippen molar-refractivity contribution in [3.63, 3.8) is 0 Å². The van der Waals surface area contributed by atoms with Gasteiger partial charge in [0.05, 0.1) is 11.7 Å². The van der Waals surface area contributed by atoms with E-state index in [9.17, 15) is 0 Å². The fourth-order valence-corrected chi connectivity index (χ4v) is 2.41. The summed E-state index contributed by atoms with van der Waals surface area (Å²) >= 11 is 0. The lowest BCUT2D eigenvalue weighted by atomic mass is 10.1. The Labute approximate surface area is 122 Å². The zero-order chi connectivity index (χ0) is 15.0. The summed E-state index contributed by atoms with van der Waals surface area (Å²) < 4.78 is 7.36. The summed E-state index contributed by atoms with van der Waals surface area (Å²) in [6.45, 7) is 5.76. The van der Waals surface area contributed by atoms with Gasteiger partial charge >= 0.3 is 0 Å². The normalized spacial score (nSPS) is 12.8. The van der Waals surface area contributed by atoms with Gasteiger partial charge in [-0.15, -0.1) is 0 Å². The standard InChI is InChI=1S/C14H18N6O/c1-5-10(11-6-7-15-20(11)4)19-13-12-14(17-8(2)16-13)21-9(3)18-12/h6-7,10H,5H2,1-4H3,(H,16,17,19)/t10-/m0/s1. The lowest BCUT2D eigenvalue weighted by molar-refractivity contribution is 0.550. The van der Waals surface area contributed by atoms with Gasteiger partial charge in [0, 0.05) is 20.2 Å². The summed E-state index contributed by atoms with van der Waals surface area (Å²) in [5.41, 5.74) is 2.28. The second kappa shape index (κ2) is 5.16. The third-order valence-electron chi connectivity index (χ3n) is 3.41. The molecule has 0 unspecified atom stereocenters. The first-order valence-electron chi connectivity index (χ1n) is 6.94. The summed E-state index contributed by atoms with van der Waals surface area (Å²) in [7, 11) is 1.93. The Morgan fingerprint density at radius 3 is 2.76 bits per heavy atom. The fraction of sp³-hybridized carbons (Fsp3) is 0.429. The Bertz CT molecular complexity index is 775. The van der Waals surface area contributed by atoms with Gasteiger partial charge < -0.3 is 9.73 Å². The molecule has 1 N–H and O–H groups in total. The highest BCUT2D eigenvalue weighted by Gasteiger charge is 2.18.